The van der Waals surface area contributed by atoms with Crippen molar-refractivity contribution in [1.82, 2.24) is 4.90 Å². The Hall–Kier alpha value is -2.81. The standard InChI is InChI=1S/C19H17NO3/c1-3-17(23-2)19(22)16-12-8-7-11-15(16)18(21)20(19)13-14-9-5-4-6-10-14/h4-12,22H,1,13H2,2H3. The summed E-state index contributed by atoms with van der Waals surface area (Å²) >= 11 is 0. The highest BCUT2D eigenvalue weighted by Crippen LogP contribution is 2.42. The lowest BCUT2D eigenvalue weighted by Crippen LogP contribution is -2.45. The lowest BCUT2D eigenvalue weighted by molar-refractivity contribution is -0.0891. The Morgan fingerprint density at radius 3 is 2.52 bits per heavy atom. The molecule has 0 saturated heterocycles. The predicted octanol–water partition coefficient (Wildman–Crippen LogP) is 2.80. The van der Waals surface area contributed by atoms with Gasteiger partial charge in [-0.25, -0.2) is 0 Å². The van der Waals surface area contributed by atoms with Crippen molar-refractivity contribution >= 4 is 5.91 Å². The number of aliphatic hydroxyl groups is 1. The van der Waals surface area contributed by atoms with Crippen LogP contribution < -0.4 is 0 Å². The van der Waals surface area contributed by atoms with Crippen molar-refractivity contribution in [2.24, 2.45) is 0 Å². The summed E-state index contributed by atoms with van der Waals surface area (Å²) in [5.41, 5.74) is 2.75. The van der Waals surface area contributed by atoms with Crippen molar-refractivity contribution in [3.63, 3.8) is 0 Å². The Bertz CT molecular complexity index is 793. The number of hydrogen-bond acceptors (Lipinski definition) is 3. The molecule has 2 aromatic rings. The molecule has 4 heteroatoms. The summed E-state index contributed by atoms with van der Waals surface area (Å²) in [5, 5.41) is 11.3. The van der Waals surface area contributed by atoms with E-state index in [0.29, 0.717) is 11.1 Å². The number of amides is 1. The molecule has 1 atom stereocenters. The first-order valence-electron chi connectivity index (χ1n) is 7.25. The monoisotopic (exact) mass is 307 g/mol. The molecule has 0 aromatic heterocycles. The van der Waals surface area contributed by atoms with Gasteiger partial charge in [-0.1, -0.05) is 60.8 Å². The molecule has 1 heterocycles. The quantitative estimate of drug-likeness (QED) is 0.698. The van der Waals surface area contributed by atoms with Crippen LogP contribution in [-0.2, 0) is 17.0 Å². The van der Waals surface area contributed by atoms with Gasteiger partial charge in [-0.3, -0.25) is 9.69 Å². The fourth-order valence-corrected chi connectivity index (χ4v) is 2.95. The van der Waals surface area contributed by atoms with E-state index in [1.807, 2.05) is 30.3 Å². The van der Waals surface area contributed by atoms with E-state index in [1.165, 1.54) is 12.0 Å². The lowest BCUT2D eigenvalue weighted by Gasteiger charge is -2.34. The van der Waals surface area contributed by atoms with Crippen LogP contribution in [0, 0.1) is 0 Å². The van der Waals surface area contributed by atoms with Gasteiger partial charge < -0.3 is 9.84 Å². The van der Waals surface area contributed by atoms with Crippen molar-refractivity contribution in [3.8, 4) is 0 Å². The number of carbonyl (C=O) groups excluding carboxylic acids is 1. The third kappa shape index (κ3) is 2.25. The van der Waals surface area contributed by atoms with E-state index in [0.717, 1.165) is 5.56 Å². The summed E-state index contributed by atoms with van der Waals surface area (Å²) in [5.74, 6) is -0.150. The second-order valence-corrected chi connectivity index (χ2v) is 5.30. The van der Waals surface area contributed by atoms with Crippen molar-refractivity contribution in [2.75, 3.05) is 7.11 Å². The number of nitrogens with zero attached hydrogens (tertiary/aromatic N) is 1. The number of benzene rings is 2. The highest BCUT2D eigenvalue weighted by molar-refractivity contribution is 6.00. The molecular weight excluding hydrogens is 290 g/mol. The van der Waals surface area contributed by atoms with E-state index in [2.05, 4.69) is 12.3 Å². The van der Waals surface area contributed by atoms with E-state index in [1.54, 1.807) is 24.3 Å². The zero-order valence-electron chi connectivity index (χ0n) is 12.8. The Morgan fingerprint density at radius 1 is 1.22 bits per heavy atom. The van der Waals surface area contributed by atoms with Crippen LogP contribution in [0.4, 0.5) is 0 Å². The van der Waals surface area contributed by atoms with Crippen molar-refractivity contribution < 1.29 is 14.6 Å². The number of methoxy groups -OCH3 is 1. The molecule has 116 valence electrons. The average Bonchev–Trinajstić information content (AvgIpc) is 2.80. The minimum atomic E-state index is -1.71. The fraction of sp³-hybridized carbons (Fsp3) is 0.158. The molecule has 0 radical (unpaired) electrons. The van der Waals surface area contributed by atoms with Crippen LogP contribution in [0.2, 0.25) is 0 Å². The van der Waals surface area contributed by atoms with E-state index >= 15 is 0 Å². The van der Waals surface area contributed by atoms with Gasteiger partial charge >= 0.3 is 0 Å². The smallest absolute Gasteiger partial charge is 0.257 e. The Morgan fingerprint density at radius 2 is 1.87 bits per heavy atom. The van der Waals surface area contributed by atoms with Gasteiger partial charge in [-0.15, -0.1) is 0 Å². The fourth-order valence-electron chi connectivity index (χ4n) is 2.95. The molecule has 0 saturated carbocycles. The molecule has 1 N–H and O–H groups in total. The van der Waals surface area contributed by atoms with Gasteiger partial charge in [0.05, 0.1) is 7.11 Å². The van der Waals surface area contributed by atoms with Gasteiger partial charge in [0.1, 0.15) is 0 Å². The maximum Gasteiger partial charge on any atom is 0.257 e. The maximum atomic E-state index is 12.8. The third-order valence-electron chi connectivity index (χ3n) is 4.03. The SMILES string of the molecule is C=C=C(OC)C1(O)c2ccccc2C(=O)N1Cc1ccccc1. The van der Waals surface area contributed by atoms with Crippen LogP contribution in [0.15, 0.2) is 72.7 Å². The Kier molecular flexibility index (Phi) is 3.78. The summed E-state index contributed by atoms with van der Waals surface area (Å²) in [6, 6.07) is 16.5. The molecule has 0 fully saturated rings. The second kappa shape index (κ2) is 5.76. The number of hydrogen-bond donors (Lipinski definition) is 1. The van der Waals surface area contributed by atoms with Crippen molar-refractivity contribution in [1.29, 1.82) is 0 Å². The van der Waals surface area contributed by atoms with Crippen molar-refractivity contribution in [2.45, 2.75) is 12.3 Å². The van der Waals surface area contributed by atoms with Gasteiger partial charge in [0.15, 0.2) is 5.76 Å². The first kappa shape index (κ1) is 15.1. The second-order valence-electron chi connectivity index (χ2n) is 5.30. The number of carbonyl (C=O) groups is 1. The summed E-state index contributed by atoms with van der Waals surface area (Å²) in [6.45, 7) is 3.83. The van der Waals surface area contributed by atoms with Crippen LogP contribution in [0.3, 0.4) is 0 Å². The van der Waals surface area contributed by atoms with Gasteiger partial charge in [0.2, 0.25) is 5.72 Å². The van der Waals surface area contributed by atoms with E-state index in [9.17, 15) is 9.90 Å². The first-order valence-corrected chi connectivity index (χ1v) is 7.25. The minimum Gasteiger partial charge on any atom is -0.488 e. The van der Waals surface area contributed by atoms with E-state index in [4.69, 9.17) is 4.74 Å². The molecule has 3 rings (SSSR count). The van der Waals surface area contributed by atoms with Gasteiger partial charge in [0, 0.05) is 17.7 Å². The normalized spacial score (nSPS) is 19.2. The Labute approximate surface area is 134 Å². The van der Waals surface area contributed by atoms with Gasteiger partial charge in [0.25, 0.3) is 5.91 Å². The average molecular weight is 307 g/mol. The summed E-state index contributed by atoms with van der Waals surface area (Å²) in [7, 11) is 1.43. The molecule has 0 aliphatic carbocycles. The van der Waals surface area contributed by atoms with E-state index in [-0.39, 0.29) is 18.2 Å². The Balaban J connectivity index is 2.14. The summed E-state index contributed by atoms with van der Waals surface area (Å²) in [6.07, 6.45) is 0. The molecule has 1 aliphatic heterocycles. The minimum absolute atomic E-state index is 0.103. The first-order chi connectivity index (χ1) is 11.1. The molecule has 1 unspecified atom stereocenters. The molecule has 2 aromatic carbocycles. The molecule has 4 nitrogen and oxygen atoms in total. The molecule has 0 spiro atoms. The number of rotatable bonds is 4. The van der Waals surface area contributed by atoms with E-state index < -0.39 is 5.72 Å². The summed E-state index contributed by atoms with van der Waals surface area (Å²) < 4.78 is 5.26. The van der Waals surface area contributed by atoms with Crippen molar-refractivity contribution in [3.05, 3.63) is 89.4 Å². The van der Waals surface area contributed by atoms with Crippen LogP contribution in [0.1, 0.15) is 21.5 Å². The van der Waals surface area contributed by atoms with Crippen LogP contribution in [0.5, 0.6) is 0 Å². The molecule has 1 aliphatic rings. The topological polar surface area (TPSA) is 49.8 Å². The third-order valence-corrected chi connectivity index (χ3v) is 4.03. The largest absolute Gasteiger partial charge is 0.488 e. The number of ether oxygens (including phenoxy) is 1. The zero-order chi connectivity index (χ0) is 16.4. The highest BCUT2D eigenvalue weighted by Gasteiger charge is 2.52. The van der Waals surface area contributed by atoms with Gasteiger partial charge in [-0.2, -0.15) is 0 Å². The molecule has 1 amide bonds. The van der Waals surface area contributed by atoms with Crippen LogP contribution in [-0.4, -0.2) is 23.0 Å². The lowest BCUT2D eigenvalue weighted by atomic mass is 9.99. The molecular formula is C19H17NO3. The maximum absolute atomic E-state index is 12.8. The zero-order valence-corrected chi connectivity index (χ0v) is 12.8. The van der Waals surface area contributed by atoms with Crippen LogP contribution >= 0.6 is 0 Å². The van der Waals surface area contributed by atoms with Crippen LogP contribution in [0.25, 0.3) is 0 Å². The number of fused-ring (bicyclic) bond motifs is 1. The highest BCUT2D eigenvalue weighted by atomic mass is 16.5. The summed E-state index contributed by atoms with van der Waals surface area (Å²) in [4.78, 5) is 14.2. The molecule has 0 bridgehead atoms. The van der Waals surface area contributed by atoms with Gasteiger partial charge in [-0.05, 0) is 11.6 Å². The molecule has 23 heavy (non-hydrogen) atoms. The predicted molar refractivity (Wildman–Crippen MR) is 86.3 cm³/mol.